The molecule has 0 saturated heterocycles. The third-order valence-corrected chi connectivity index (χ3v) is 4.15. The molecule has 2 heterocycles. The van der Waals surface area contributed by atoms with Gasteiger partial charge in [0.05, 0.1) is 11.7 Å². The lowest BCUT2D eigenvalue weighted by Crippen LogP contribution is -2.38. The van der Waals surface area contributed by atoms with Gasteiger partial charge in [0.15, 0.2) is 17.3 Å². The average Bonchev–Trinajstić information content (AvgIpc) is 3.23. The van der Waals surface area contributed by atoms with Gasteiger partial charge in [-0.3, -0.25) is 5.32 Å². The fraction of sp³-hybridized carbons (Fsp3) is 0.400. The van der Waals surface area contributed by atoms with E-state index >= 15 is 0 Å². The van der Waals surface area contributed by atoms with Crippen molar-refractivity contribution in [3.8, 4) is 11.5 Å². The number of nitrogens with zero attached hydrogens (tertiary/aromatic N) is 3. The molecule has 8 heteroatoms. The molecule has 4 rings (SSSR count). The van der Waals surface area contributed by atoms with Gasteiger partial charge in [0.2, 0.25) is 0 Å². The molecule has 1 aliphatic carbocycles. The highest BCUT2D eigenvalue weighted by Crippen LogP contribution is 2.47. The number of nitrogens with one attached hydrogen (secondary N) is 2. The van der Waals surface area contributed by atoms with Crippen molar-refractivity contribution in [2.45, 2.75) is 18.4 Å². The van der Waals surface area contributed by atoms with E-state index in [-0.39, 0.29) is 11.6 Å². The highest BCUT2D eigenvalue weighted by Gasteiger charge is 2.46. The van der Waals surface area contributed by atoms with Gasteiger partial charge in [0.25, 0.3) is 0 Å². The summed E-state index contributed by atoms with van der Waals surface area (Å²) in [6.07, 6.45) is 3.29. The number of ether oxygens (including phenoxy) is 2. The summed E-state index contributed by atoms with van der Waals surface area (Å²) in [6.45, 7) is 1.11. The molecule has 23 heavy (non-hydrogen) atoms. The number of hydrogen-bond acceptors (Lipinski definition) is 5. The van der Waals surface area contributed by atoms with Crippen molar-refractivity contribution in [1.29, 1.82) is 0 Å². The van der Waals surface area contributed by atoms with Crippen LogP contribution < -0.4 is 20.1 Å². The molecule has 1 aromatic carbocycles. The molecule has 1 saturated carbocycles. The van der Waals surface area contributed by atoms with E-state index in [1.54, 1.807) is 7.05 Å². The molecule has 8 nitrogen and oxygen atoms in total. The van der Waals surface area contributed by atoms with E-state index in [2.05, 4.69) is 20.9 Å². The van der Waals surface area contributed by atoms with E-state index in [0.29, 0.717) is 19.0 Å². The Kier molecular flexibility index (Phi) is 3.10. The second-order valence-corrected chi connectivity index (χ2v) is 5.76. The normalized spacial score (nSPS) is 17.4. The van der Waals surface area contributed by atoms with Crippen LogP contribution in [0.15, 0.2) is 24.4 Å². The number of fused-ring (bicyclic) bond motifs is 1. The van der Waals surface area contributed by atoms with Gasteiger partial charge in [-0.1, -0.05) is 11.3 Å². The van der Waals surface area contributed by atoms with Crippen molar-refractivity contribution in [2.75, 3.05) is 18.5 Å². The van der Waals surface area contributed by atoms with Crippen LogP contribution in [0.4, 0.5) is 10.6 Å². The molecule has 2 amide bonds. The van der Waals surface area contributed by atoms with Crippen LogP contribution in [0.3, 0.4) is 0 Å². The minimum atomic E-state index is -0.341. The van der Waals surface area contributed by atoms with Gasteiger partial charge in [-0.25, -0.2) is 9.48 Å². The number of rotatable bonds is 3. The summed E-state index contributed by atoms with van der Waals surface area (Å²) in [4.78, 5) is 12.2. The van der Waals surface area contributed by atoms with E-state index in [4.69, 9.17) is 9.47 Å². The lowest BCUT2D eigenvalue weighted by Gasteiger charge is -2.22. The molecule has 2 N–H and O–H groups in total. The lowest BCUT2D eigenvalue weighted by atomic mass is 10.0. The second-order valence-electron chi connectivity index (χ2n) is 5.76. The van der Waals surface area contributed by atoms with E-state index in [1.807, 2.05) is 18.2 Å². The number of carbonyl (C=O) groups excluding carboxylic acids is 1. The standard InChI is InChI=1S/C15H17N5O3/c1-20-13(9-16-19-20)17-14(21)18-15(4-5-15)10-2-3-11-12(8-10)23-7-6-22-11/h2-3,8-9H,4-7H2,1H3,(H2,17,18,21). The van der Waals surface area contributed by atoms with Gasteiger partial charge in [0.1, 0.15) is 13.2 Å². The maximum Gasteiger partial charge on any atom is 0.321 e. The predicted molar refractivity (Wildman–Crippen MR) is 81.5 cm³/mol. The first-order chi connectivity index (χ1) is 11.2. The summed E-state index contributed by atoms with van der Waals surface area (Å²) in [5.41, 5.74) is 0.686. The molecular formula is C15H17N5O3. The largest absolute Gasteiger partial charge is 0.486 e. The van der Waals surface area contributed by atoms with Crippen LogP contribution in [-0.4, -0.2) is 34.2 Å². The van der Waals surface area contributed by atoms with E-state index < -0.39 is 0 Å². The van der Waals surface area contributed by atoms with Crippen molar-refractivity contribution < 1.29 is 14.3 Å². The molecule has 120 valence electrons. The Hall–Kier alpha value is -2.77. The molecular weight excluding hydrogens is 298 g/mol. The Morgan fingerprint density at radius 3 is 2.74 bits per heavy atom. The molecule has 0 bridgehead atoms. The van der Waals surface area contributed by atoms with Crippen LogP contribution in [-0.2, 0) is 12.6 Å². The Morgan fingerprint density at radius 2 is 2.04 bits per heavy atom. The maximum atomic E-state index is 12.2. The van der Waals surface area contributed by atoms with Crippen LogP contribution in [0.25, 0.3) is 0 Å². The zero-order chi connectivity index (χ0) is 15.9. The number of carbonyl (C=O) groups is 1. The third-order valence-electron chi connectivity index (χ3n) is 4.15. The number of hydrogen-bond donors (Lipinski definition) is 2. The minimum absolute atomic E-state index is 0.275. The quantitative estimate of drug-likeness (QED) is 0.893. The van der Waals surface area contributed by atoms with Gasteiger partial charge < -0.3 is 14.8 Å². The van der Waals surface area contributed by atoms with Crippen molar-refractivity contribution in [1.82, 2.24) is 20.3 Å². The molecule has 0 radical (unpaired) electrons. The van der Waals surface area contributed by atoms with Gasteiger partial charge in [-0.2, -0.15) is 0 Å². The number of anilines is 1. The van der Waals surface area contributed by atoms with Crippen molar-refractivity contribution >= 4 is 11.8 Å². The minimum Gasteiger partial charge on any atom is -0.486 e. The lowest BCUT2D eigenvalue weighted by molar-refractivity contribution is 0.171. The monoisotopic (exact) mass is 315 g/mol. The Labute approximate surface area is 132 Å². The zero-order valence-corrected chi connectivity index (χ0v) is 12.7. The molecule has 0 spiro atoms. The first-order valence-electron chi connectivity index (χ1n) is 7.50. The summed E-state index contributed by atoms with van der Waals surface area (Å²) in [5, 5.41) is 13.3. The van der Waals surface area contributed by atoms with Gasteiger partial charge in [0, 0.05) is 7.05 Å². The fourth-order valence-corrected chi connectivity index (χ4v) is 2.72. The zero-order valence-electron chi connectivity index (χ0n) is 12.7. The molecule has 2 aromatic rings. The van der Waals surface area contributed by atoms with Gasteiger partial charge >= 0.3 is 6.03 Å². The topological polar surface area (TPSA) is 90.3 Å². The van der Waals surface area contributed by atoms with E-state index in [9.17, 15) is 4.79 Å². The van der Waals surface area contributed by atoms with Crippen LogP contribution >= 0.6 is 0 Å². The van der Waals surface area contributed by atoms with Crippen molar-refractivity contribution in [3.63, 3.8) is 0 Å². The Balaban J connectivity index is 1.50. The van der Waals surface area contributed by atoms with Crippen LogP contribution in [0, 0.1) is 0 Å². The van der Waals surface area contributed by atoms with Crippen LogP contribution in [0.2, 0.25) is 0 Å². The highest BCUT2D eigenvalue weighted by atomic mass is 16.6. The fourth-order valence-electron chi connectivity index (χ4n) is 2.72. The summed E-state index contributed by atoms with van der Waals surface area (Å²) < 4.78 is 12.7. The number of aryl methyl sites for hydroxylation is 1. The maximum absolute atomic E-state index is 12.2. The van der Waals surface area contributed by atoms with Crippen molar-refractivity contribution in [2.24, 2.45) is 7.05 Å². The summed E-state index contributed by atoms with van der Waals surface area (Å²) in [6, 6.07) is 5.55. The molecule has 1 fully saturated rings. The number of amides is 2. The summed E-state index contributed by atoms with van der Waals surface area (Å²) in [5.74, 6) is 2.03. The Morgan fingerprint density at radius 1 is 1.26 bits per heavy atom. The smallest absolute Gasteiger partial charge is 0.321 e. The molecule has 1 aromatic heterocycles. The van der Waals surface area contributed by atoms with E-state index in [1.165, 1.54) is 10.9 Å². The van der Waals surface area contributed by atoms with Gasteiger partial charge in [-0.15, -0.1) is 5.10 Å². The second kappa shape index (κ2) is 5.15. The average molecular weight is 315 g/mol. The van der Waals surface area contributed by atoms with Crippen LogP contribution in [0.1, 0.15) is 18.4 Å². The summed E-state index contributed by atoms with van der Waals surface area (Å²) >= 11 is 0. The molecule has 1 aliphatic heterocycles. The first-order valence-corrected chi connectivity index (χ1v) is 7.50. The molecule has 0 atom stereocenters. The molecule has 0 unspecified atom stereocenters. The van der Waals surface area contributed by atoms with Crippen molar-refractivity contribution in [3.05, 3.63) is 30.0 Å². The summed E-state index contributed by atoms with van der Waals surface area (Å²) in [7, 11) is 1.72. The SMILES string of the molecule is Cn1nncc1NC(=O)NC1(c2ccc3c(c2)OCCO3)CC1. The first kappa shape index (κ1) is 13.9. The van der Waals surface area contributed by atoms with Crippen LogP contribution in [0.5, 0.6) is 11.5 Å². The van der Waals surface area contributed by atoms with E-state index in [0.717, 1.165) is 29.9 Å². The third kappa shape index (κ3) is 2.56. The predicted octanol–water partition coefficient (Wildman–Crippen LogP) is 1.40. The Bertz CT molecular complexity index is 753. The number of aromatic nitrogens is 3. The number of urea groups is 1. The molecule has 2 aliphatic rings. The van der Waals surface area contributed by atoms with Gasteiger partial charge in [-0.05, 0) is 30.5 Å². The highest BCUT2D eigenvalue weighted by molar-refractivity contribution is 5.89. The number of benzene rings is 1.